The zero-order chi connectivity index (χ0) is 12.3. The minimum Gasteiger partial charge on any atom is -0.329 e. The standard InChI is InChI=1S/C9H12F2N2O2S.ClH/c1-6-4-8(11)9(5-7(6)10)16(14,15)13-3-2-12;/h4-5,13H,2-3,12H2,1H3;1H. The fraction of sp³-hybridized carbons (Fsp3) is 0.333. The Bertz CT molecular complexity index is 494. The average molecular weight is 287 g/mol. The van der Waals surface area contributed by atoms with Crippen molar-refractivity contribution >= 4 is 22.4 Å². The minimum absolute atomic E-state index is 0. The molecular weight excluding hydrogens is 274 g/mol. The SMILES string of the molecule is Cc1cc(F)c(S(=O)(=O)NCCN)cc1F.Cl. The Morgan fingerprint density at radius 2 is 1.88 bits per heavy atom. The molecular formula is C9H13ClF2N2O2S. The van der Waals surface area contributed by atoms with Crippen molar-refractivity contribution in [2.24, 2.45) is 5.73 Å². The van der Waals surface area contributed by atoms with Crippen molar-refractivity contribution in [3.05, 3.63) is 29.3 Å². The van der Waals surface area contributed by atoms with Gasteiger partial charge in [0.1, 0.15) is 16.5 Å². The van der Waals surface area contributed by atoms with Crippen molar-refractivity contribution in [1.29, 1.82) is 0 Å². The average Bonchev–Trinajstić information content (AvgIpc) is 2.20. The van der Waals surface area contributed by atoms with E-state index in [1.807, 2.05) is 0 Å². The number of hydrogen-bond acceptors (Lipinski definition) is 3. The summed E-state index contributed by atoms with van der Waals surface area (Å²) in [5.74, 6) is -1.75. The molecule has 0 fully saturated rings. The van der Waals surface area contributed by atoms with Crippen LogP contribution in [0.15, 0.2) is 17.0 Å². The molecule has 3 N–H and O–H groups in total. The number of aryl methyl sites for hydroxylation is 1. The quantitative estimate of drug-likeness (QED) is 0.865. The molecule has 0 spiro atoms. The van der Waals surface area contributed by atoms with Crippen LogP contribution in [0, 0.1) is 18.6 Å². The first kappa shape index (κ1) is 16.2. The molecule has 0 heterocycles. The van der Waals surface area contributed by atoms with Gasteiger partial charge in [-0.3, -0.25) is 0 Å². The maximum atomic E-state index is 13.3. The molecule has 0 bridgehead atoms. The van der Waals surface area contributed by atoms with Gasteiger partial charge < -0.3 is 5.73 Å². The number of nitrogens with one attached hydrogen (secondary N) is 1. The molecule has 8 heteroatoms. The Morgan fingerprint density at radius 3 is 2.41 bits per heavy atom. The summed E-state index contributed by atoms with van der Waals surface area (Å²) in [6.07, 6.45) is 0. The third-order valence-corrected chi connectivity index (χ3v) is 3.42. The monoisotopic (exact) mass is 286 g/mol. The Morgan fingerprint density at radius 1 is 1.29 bits per heavy atom. The van der Waals surface area contributed by atoms with Crippen LogP contribution in [0.4, 0.5) is 8.78 Å². The van der Waals surface area contributed by atoms with Gasteiger partial charge in [0.05, 0.1) is 0 Å². The molecule has 0 radical (unpaired) electrons. The summed E-state index contributed by atoms with van der Waals surface area (Å²) >= 11 is 0. The minimum atomic E-state index is -4.04. The number of benzene rings is 1. The highest BCUT2D eigenvalue weighted by Crippen LogP contribution is 2.18. The summed E-state index contributed by atoms with van der Waals surface area (Å²) in [7, 11) is -4.04. The zero-order valence-electron chi connectivity index (χ0n) is 9.04. The van der Waals surface area contributed by atoms with E-state index >= 15 is 0 Å². The molecule has 0 aliphatic heterocycles. The second kappa shape index (κ2) is 6.25. The summed E-state index contributed by atoms with van der Waals surface area (Å²) in [5.41, 5.74) is 5.16. The van der Waals surface area contributed by atoms with Gasteiger partial charge in [0.25, 0.3) is 0 Å². The summed E-state index contributed by atoms with van der Waals surface area (Å²) in [4.78, 5) is -0.705. The fourth-order valence-electron chi connectivity index (χ4n) is 1.11. The van der Waals surface area contributed by atoms with Gasteiger partial charge in [-0.1, -0.05) is 0 Å². The summed E-state index contributed by atoms with van der Waals surface area (Å²) in [6.45, 7) is 1.40. The zero-order valence-corrected chi connectivity index (χ0v) is 10.7. The van der Waals surface area contributed by atoms with E-state index in [9.17, 15) is 17.2 Å². The lowest BCUT2D eigenvalue weighted by Gasteiger charge is -2.07. The predicted octanol–water partition coefficient (Wildman–Crippen LogP) is 0.932. The smallest absolute Gasteiger partial charge is 0.243 e. The van der Waals surface area contributed by atoms with Crippen LogP contribution in [0.2, 0.25) is 0 Å². The van der Waals surface area contributed by atoms with Crippen LogP contribution in [0.25, 0.3) is 0 Å². The van der Waals surface area contributed by atoms with E-state index in [1.54, 1.807) is 0 Å². The molecule has 0 saturated heterocycles. The van der Waals surface area contributed by atoms with Crippen molar-refractivity contribution in [3.8, 4) is 0 Å². The number of nitrogens with two attached hydrogens (primary N) is 1. The van der Waals surface area contributed by atoms with Crippen molar-refractivity contribution < 1.29 is 17.2 Å². The second-order valence-electron chi connectivity index (χ2n) is 3.22. The van der Waals surface area contributed by atoms with Crippen LogP contribution >= 0.6 is 12.4 Å². The number of rotatable bonds is 4. The molecule has 0 saturated carbocycles. The molecule has 4 nitrogen and oxygen atoms in total. The fourth-order valence-corrected chi connectivity index (χ4v) is 2.22. The van der Waals surface area contributed by atoms with Crippen LogP contribution in [0.3, 0.4) is 0 Å². The molecule has 0 aliphatic rings. The topological polar surface area (TPSA) is 72.2 Å². The Hall–Kier alpha value is -0.760. The van der Waals surface area contributed by atoms with Gasteiger partial charge in [-0.2, -0.15) is 0 Å². The highest BCUT2D eigenvalue weighted by molar-refractivity contribution is 7.89. The lowest BCUT2D eigenvalue weighted by atomic mass is 10.2. The van der Waals surface area contributed by atoms with Gasteiger partial charge in [0.2, 0.25) is 10.0 Å². The maximum absolute atomic E-state index is 13.3. The first-order valence-electron chi connectivity index (χ1n) is 4.54. The van der Waals surface area contributed by atoms with Crippen LogP contribution in [-0.4, -0.2) is 21.5 Å². The van der Waals surface area contributed by atoms with Gasteiger partial charge in [-0.05, 0) is 24.6 Å². The van der Waals surface area contributed by atoms with E-state index in [0.29, 0.717) is 6.07 Å². The first-order valence-corrected chi connectivity index (χ1v) is 6.02. The molecule has 98 valence electrons. The molecule has 1 rings (SSSR count). The molecule has 1 aromatic rings. The van der Waals surface area contributed by atoms with Crippen LogP contribution in [0.1, 0.15) is 5.56 Å². The third kappa shape index (κ3) is 3.88. The Labute approximate surface area is 105 Å². The molecule has 1 aromatic carbocycles. The molecule has 0 aromatic heterocycles. The largest absolute Gasteiger partial charge is 0.329 e. The van der Waals surface area contributed by atoms with E-state index in [0.717, 1.165) is 6.07 Å². The Balaban J connectivity index is 0.00000256. The summed E-state index contributed by atoms with van der Waals surface area (Å²) in [5, 5.41) is 0. The van der Waals surface area contributed by atoms with Gasteiger partial charge in [0, 0.05) is 13.1 Å². The van der Waals surface area contributed by atoms with Crippen LogP contribution in [-0.2, 0) is 10.0 Å². The third-order valence-electron chi connectivity index (χ3n) is 1.94. The van der Waals surface area contributed by atoms with Gasteiger partial charge >= 0.3 is 0 Å². The van der Waals surface area contributed by atoms with E-state index in [-0.39, 0.29) is 31.1 Å². The lowest BCUT2D eigenvalue weighted by Crippen LogP contribution is -2.29. The summed E-state index contributed by atoms with van der Waals surface area (Å²) in [6, 6.07) is 1.50. The molecule has 17 heavy (non-hydrogen) atoms. The van der Waals surface area contributed by atoms with Crippen molar-refractivity contribution in [3.63, 3.8) is 0 Å². The van der Waals surface area contributed by atoms with E-state index in [2.05, 4.69) is 4.72 Å². The molecule has 0 atom stereocenters. The van der Waals surface area contributed by atoms with Gasteiger partial charge in [-0.25, -0.2) is 21.9 Å². The summed E-state index contributed by atoms with van der Waals surface area (Å²) < 4.78 is 51.5. The van der Waals surface area contributed by atoms with Crippen molar-refractivity contribution in [2.75, 3.05) is 13.1 Å². The molecule has 0 aliphatic carbocycles. The van der Waals surface area contributed by atoms with E-state index in [1.165, 1.54) is 6.92 Å². The van der Waals surface area contributed by atoms with Crippen LogP contribution < -0.4 is 10.5 Å². The maximum Gasteiger partial charge on any atom is 0.243 e. The van der Waals surface area contributed by atoms with E-state index in [4.69, 9.17) is 5.73 Å². The molecule has 0 unspecified atom stereocenters. The van der Waals surface area contributed by atoms with Gasteiger partial charge in [0.15, 0.2) is 0 Å². The highest BCUT2D eigenvalue weighted by atomic mass is 35.5. The second-order valence-corrected chi connectivity index (χ2v) is 4.95. The first-order chi connectivity index (χ1) is 7.38. The highest BCUT2D eigenvalue weighted by Gasteiger charge is 2.20. The number of halogens is 3. The van der Waals surface area contributed by atoms with Crippen LogP contribution in [0.5, 0.6) is 0 Å². The van der Waals surface area contributed by atoms with E-state index < -0.39 is 26.6 Å². The molecule has 0 amide bonds. The van der Waals surface area contributed by atoms with Crippen molar-refractivity contribution in [1.82, 2.24) is 4.72 Å². The predicted molar refractivity (Wildman–Crippen MR) is 62.6 cm³/mol. The normalized spacial score (nSPS) is 11.1. The van der Waals surface area contributed by atoms with Gasteiger partial charge in [-0.15, -0.1) is 12.4 Å². The van der Waals surface area contributed by atoms with Crippen molar-refractivity contribution in [2.45, 2.75) is 11.8 Å². The lowest BCUT2D eigenvalue weighted by molar-refractivity contribution is 0.543. The Kier molecular flexibility index (Phi) is 5.97. The number of sulfonamides is 1. The number of hydrogen-bond donors (Lipinski definition) is 2.